The Bertz CT molecular complexity index is 815. The number of hydrogen-bond donors (Lipinski definition) is 0. The summed E-state index contributed by atoms with van der Waals surface area (Å²) in [6, 6.07) is 13.3. The van der Waals surface area contributed by atoms with Crippen molar-refractivity contribution < 1.29 is 13.2 Å². The van der Waals surface area contributed by atoms with E-state index in [1.807, 2.05) is 42.1 Å². The Morgan fingerprint density at radius 1 is 0.897 bits per heavy atom. The van der Waals surface area contributed by atoms with Gasteiger partial charge in [-0.25, -0.2) is 0 Å². The summed E-state index contributed by atoms with van der Waals surface area (Å²) in [7, 11) is 0. The summed E-state index contributed by atoms with van der Waals surface area (Å²) in [4.78, 5) is 0. The number of benzene rings is 2. The Morgan fingerprint density at radius 2 is 1.55 bits per heavy atom. The second-order valence-corrected chi connectivity index (χ2v) is 9.06. The predicted molar refractivity (Wildman–Crippen MR) is 118 cm³/mol. The quantitative estimate of drug-likeness (QED) is 0.409. The molecule has 0 N–H and O–H groups in total. The Balaban J connectivity index is 1.39. The lowest BCUT2D eigenvalue weighted by Crippen LogP contribution is -2.14. The van der Waals surface area contributed by atoms with E-state index in [-0.39, 0.29) is 0 Å². The molecule has 1 aliphatic rings. The van der Waals surface area contributed by atoms with Gasteiger partial charge in [-0.15, -0.1) is 0 Å². The van der Waals surface area contributed by atoms with Gasteiger partial charge in [0.1, 0.15) is 0 Å². The van der Waals surface area contributed by atoms with Crippen molar-refractivity contribution >= 4 is 29.4 Å². The van der Waals surface area contributed by atoms with Crippen LogP contribution in [0.4, 0.5) is 13.2 Å². The van der Waals surface area contributed by atoms with Crippen molar-refractivity contribution in [2.75, 3.05) is 0 Å². The van der Waals surface area contributed by atoms with Crippen LogP contribution in [-0.4, -0.2) is 5.25 Å². The summed E-state index contributed by atoms with van der Waals surface area (Å²) in [6.07, 6.45) is 8.50. The van der Waals surface area contributed by atoms with Crippen molar-refractivity contribution in [1.82, 2.24) is 0 Å². The maximum absolute atomic E-state index is 12.6. The van der Waals surface area contributed by atoms with E-state index in [1.54, 1.807) is 0 Å². The molecule has 1 aliphatic carbocycles. The smallest absolute Gasteiger partial charge is 0.166 e. The molecule has 154 valence electrons. The van der Waals surface area contributed by atoms with Gasteiger partial charge >= 0.3 is 6.18 Å². The van der Waals surface area contributed by atoms with Gasteiger partial charge < -0.3 is 0 Å². The van der Waals surface area contributed by atoms with Gasteiger partial charge in [0, 0.05) is 16.0 Å². The van der Waals surface area contributed by atoms with Crippen molar-refractivity contribution in [2.24, 2.45) is 5.92 Å². The summed E-state index contributed by atoms with van der Waals surface area (Å²) in [5, 5.41) is 1.48. The Hall–Kier alpha value is -1.65. The number of hydrogen-bond acceptors (Lipinski definition) is 1. The third-order valence-corrected chi connectivity index (χ3v) is 6.83. The summed E-state index contributed by atoms with van der Waals surface area (Å²) < 4.78 is 37.7. The fraction of sp³-hybridized carbons (Fsp3) is 0.333. The van der Waals surface area contributed by atoms with E-state index in [2.05, 4.69) is 18.2 Å². The molecule has 29 heavy (non-hydrogen) atoms. The zero-order valence-electron chi connectivity index (χ0n) is 16.0. The molecular weight excluding hydrogens is 413 g/mol. The molecule has 0 bridgehead atoms. The van der Waals surface area contributed by atoms with Crippen molar-refractivity contribution in [1.29, 1.82) is 0 Å². The lowest BCUT2D eigenvalue weighted by molar-refractivity contribution is -0.137. The van der Waals surface area contributed by atoms with Gasteiger partial charge in [0.2, 0.25) is 0 Å². The number of rotatable bonds is 6. The molecule has 0 unspecified atom stereocenters. The highest BCUT2D eigenvalue weighted by Gasteiger charge is 2.29. The third-order valence-electron chi connectivity index (χ3n) is 5.14. The van der Waals surface area contributed by atoms with E-state index < -0.39 is 11.7 Å². The highest BCUT2D eigenvalue weighted by Crippen LogP contribution is 2.34. The van der Waals surface area contributed by atoms with Crippen LogP contribution in [0.25, 0.3) is 6.08 Å². The maximum Gasteiger partial charge on any atom is 0.416 e. The van der Waals surface area contributed by atoms with Crippen LogP contribution in [0, 0.1) is 5.92 Å². The minimum absolute atomic E-state index is 0.583. The van der Waals surface area contributed by atoms with Crippen LogP contribution in [0.15, 0.2) is 66.8 Å². The summed E-state index contributed by atoms with van der Waals surface area (Å²) in [5.41, 5.74) is 1.47. The normalized spacial score (nSPS) is 20.6. The summed E-state index contributed by atoms with van der Waals surface area (Å²) in [6.45, 7) is 0. The minimum atomic E-state index is -4.28. The third kappa shape index (κ3) is 7.27. The summed E-state index contributed by atoms with van der Waals surface area (Å²) >= 11 is 7.95. The first-order valence-corrected chi connectivity index (χ1v) is 11.2. The largest absolute Gasteiger partial charge is 0.416 e. The zero-order valence-corrected chi connectivity index (χ0v) is 17.6. The van der Waals surface area contributed by atoms with Crippen molar-refractivity contribution in [3.05, 3.63) is 88.5 Å². The lowest BCUT2D eigenvalue weighted by atomic mass is 9.88. The van der Waals surface area contributed by atoms with Crippen LogP contribution in [0.3, 0.4) is 0 Å². The number of alkyl halides is 3. The zero-order chi connectivity index (χ0) is 20.7. The average Bonchev–Trinajstić information content (AvgIpc) is 2.71. The summed E-state index contributed by atoms with van der Waals surface area (Å²) in [5.74, 6) is 1.61. The number of allylic oxidation sites excluding steroid dienone is 3. The molecule has 3 rings (SSSR count). The van der Waals surface area contributed by atoms with E-state index in [0.29, 0.717) is 11.2 Å². The highest BCUT2D eigenvalue weighted by atomic mass is 35.5. The molecule has 0 nitrogen and oxygen atoms in total. The van der Waals surface area contributed by atoms with Gasteiger partial charge in [-0.1, -0.05) is 60.2 Å². The van der Waals surface area contributed by atoms with E-state index in [0.717, 1.165) is 28.5 Å². The van der Waals surface area contributed by atoms with E-state index >= 15 is 0 Å². The molecule has 0 atom stereocenters. The maximum atomic E-state index is 12.6. The van der Waals surface area contributed by atoms with Crippen LogP contribution >= 0.6 is 23.4 Å². The predicted octanol–water partition coefficient (Wildman–Crippen LogP) is 8.42. The molecule has 2 aromatic carbocycles. The van der Waals surface area contributed by atoms with Crippen LogP contribution in [0.5, 0.6) is 0 Å². The van der Waals surface area contributed by atoms with Crippen molar-refractivity contribution in [3.63, 3.8) is 0 Å². The van der Waals surface area contributed by atoms with Crippen LogP contribution < -0.4 is 0 Å². The second-order valence-electron chi connectivity index (χ2n) is 7.34. The number of halogens is 4. The molecule has 1 saturated carbocycles. The Kier molecular flexibility index (Phi) is 7.91. The number of thioether (sulfide) groups is 1. The molecule has 0 saturated heterocycles. The van der Waals surface area contributed by atoms with Crippen molar-refractivity contribution in [2.45, 2.75) is 42.9 Å². The van der Waals surface area contributed by atoms with Gasteiger partial charge in [0.15, 0.2) is 0 Å². The molecular formula is C24H24ClF3S. The topological polar surface area (TPSA) is 0 Å². The van der Waals surface area contributed by atoms with E-state index in [4.69, 9.17) is 11.6 Å². The molecule has 5 heteroatoms. The first-order chi connectivity index (χ1) is 13.9. The molecule has 0 spiro atoms. The molecule has 0 aromatic heterocycles. The molecule has 0 radical (unpaired) electrons. The molecule has 2 aromatic rings. The first-order valence-electron chi connectivity index (χ1n) is 9.78. The molecule has 0 heterocycles. The fourth-order valence-electron chi connectivity index (χ4n) is 3.41. The lowest BCUT2D eigenvalue weighted by Gasteiger charge is -2.26. The molecule has 0 amide bonds. The van der Waals surface area contributed by atoms with Crippen LogP contribution in [0.1, 0.15) is 42.4 Å². The average molecular weight is 437 g/mol. The molecule has 1 fully saturated rings. The molecule has 0 aliphatic heterocycles. The monoisotopic (exact) mass is 436 g/mol. The van der Waals surface area contributed by atoms with E-state index in [1.165, 1.54) is 43.4 Å². The standard InChI is InChI=1S/C24H24ClF3S/c25-22-13-7-20(8-14-22)17-29-23-15-9-19(10-16-23)4-2-1-3-18-5-11-21(12-6-18)24(26,27)28/h1-8,11-14,19,23H,9-10,15-17H2/t19-,23-. The van der Waals surface area contributed by atoms with Gasteiger partial charge in [0.25, 0.3) is 0 Å². The van der Waals surface area contributed by atoms with Gasteiger partial charge in [-0.2, -0.15) is 24.9 Å². The van der Waals surface area contributed by atoms with Crippen LogP contribution in [-0.2, 0) is 11.9 Å². The van der Waals surface area contributed by atoms with Crippen molar-refractivity contribution in [3.8, 4) is 0 Å². The Labute approximate surface area is 179 Å². The van der Waals surface area contributed by atoms with E-state index in [9.17, 15) is 13.2 Å². The van der Waals surface area contributed by atoms with Gasteiger partial charge in [0.05, 0.1) is 5.56 Å². The Morgan fingerprint density at radius 3 is 2.17 bits per heavy atom. The second kappa shape index (κ2) is 10.4. The fourth-order valence-corrected chi connectivity index (χ4v) is 4.77. The van der Waals surface area contributed by atoms with Gasteiger partial charge in [-0.3, -0.25) is 0 Å². The van der Waals surface area contributed by atoms with Gasteiger partial charge in [-0.05, 0) is 67.0 Å². The van der Waals surface area contributed by atoms with Crippen LogP contribution in [0.2, 0.25) is 5.02 Å². The first kappa shape index (κ1) is 22.0. The highest BCUT2D eigenvalue weighted by molar-refractivity contribution is 7.99. The minimum Gasteiger partial charge on any atom is -0.166 e. The SMILES string of the molecule is FC(F)(F)c1ccc(C=CC=C[C@H]2CC[C@H](SCc3ccc(Cl)cc3)CC2)cc1.